The van der Waals surface area contributed by atoms with Gasteiger partial charge in [-0.15, -0.1) is 11.3 Å². The highest BCUT2D eigenvalue weighted by atomic mass is 32.2. The first-order valence-electron chi connectivity index (χ1n) is 5.77. The van der Waals surface area contributed by atoms with E-state index < -0.39 is 10.0 Å². The van der Waals surface area contributed by atoms with Gasteiger partial charge in [-0.2, -0.15) is 5.10 Å². The highest BCUT2D eigenvalue weighted by Gasteiger charge is 2.16. The molecular formula is C11H16N4O2S2. The number of aryl methyl sites for hydroxylation is 1. The predicted octanol–water partition coefficient (Wildman–Crippen LogP) is 0.461. The van der Waals surface area contributed by atoms with Crippen LogP contribution in [0.1, 0.15) is 11.3 Å². The molecule has 2 aromatic rings. The Morgan fingerprint density at radius 2 is 2.32 bits per heavy atom. The lowest BCUT2D eigenvalue weighted by molar-refractivity contribution is 0.583. The second kappa shape index (κ2) is 5.83. The number of nitrogens with zero attached hydrogens (tertiary/aromatic N) is 2. The van der Waals surface area contributed by atoms with E-state index in [-0.39, 0.29) is 0 Å². The Hall–Kier alpha value is -1.22. The summed E-state index contributed by atoms with van der Waals surface area (Å²) in [5, 5.41) is 5.95. The molecule has 0 fully saturated rings. The smallest absolute Gasteiger partial charge is 0.250 e. The quantitative estimate of drug-likeness (QED) is 0.811. The Bertz CT molecular complexity index is 645. The van der Waals surface area contributed by atoms with Crippen LogP contribution in [-0.4, -0.2) is 24.7 Å². The number of hydrogen-bond acceptors (Lipinski definition) is 5. The van der Waals surface area contributed by atoms with Gasteiger partial charge in [0.25, 0.3) is 0 Å². The number of sulfonamides is 1. The molecule has 2 rings (SSSR count). The minimum absolute atomic E-state index is 0.300. The maximum absolute atomic E-state index is 12.0. The largest absolute Gasteiger partial charge is 0.326 e. The lowest BCUT2D eigenvalue weighted by Crippen LogP contribution is -2.25. The van der Waals surface area contributed by atoms with Crippen LogP contribution >= 0.6 is 11.3 Å². The molecule has 0 saturated heterocycles. The molecule has 0 aromatic carbocycles. The van der Waals surface area contributed by atoms with Gasteiger partial charge >= 0.3 is 0 Å². The standard InChI is InChI=1S/C11H16N4O2S2/c1-15-5-3-10(14-15)2-4-13-19(16,17)11-6-9(7-12)8-18-11/h3,5-6,8,13H,2,4,7,12H2,1H3. The third-order valence-corrected chi connectivity index (χ3v) is 5.52. The van der Waals surface area contributed by atoms with Crippen molar-refractivity contribution in [1.82, 2.24) is 14.5 Å². The Kier molecular flexibility index (Phi) is 4.35. The summed E-state index contributed by atoms with van der Waals surface area (Å²) in [5.41, 5.74) is 7.15. The van der Waals surface area contributed by atoms with Gasteiger partial charge in [0.15, 0.2) is 0 Å². The van der Waals surface area contributed by atoms with E-state index in [9.17, 15) is 8.42 Å². The number of rotatable bonds is 6. The van der Waals surface area contributed by atoms with Crippen molar-refractivity contribution in [3.8, 4) is 0 Å². The number of thiophene rings is 1. The molecule has 0 bridgehead atoms. The molecule has 0 radical (unpaired) electrons. The predicted molar refractivity (Wildman–Crippen MR) is 74.3 cm³/mol. The molecule has 104 valence electrons. The summed E-state index contributed by atoms with van der Waals surface area (Å²) in [6, 6.07) is 3.47. The van der Waals surface area contributed by atoms with Crippen LogP contribution < -0.4 is 10.5 Å². The molecule has 0 aliphatic rings. The maximum Gasteiger partial charge on any atom is 0.250 e. The zero-order valence-corrected chi connectivity index (χ0v) is 12.2. The van der Waals surface area contributed by atoms with Gasteiger partial charge in [0.1, 0.15) is 4.21 Å². The number of nitrogens with one attached hydrogen (secondary N) is 1. The van der Waals surface area contributed by atoms with Crippen molar-refractivity contribution in [3.63, 3.8) is 0 Å². The van der Waals surface area contributed by atoms with Crippen molar-refractivity contribution < 1.29 is 8.42 Å². The molecule has 8 heteroatoms. The van der Waals surface area contributed by atoms with E-state index in [1.807, 2.05) is 19.3 Å². The Morgan fingerprint density at radius 1 is 1.53 bits per heavy atom. The normalized spacial score (nSPS) is 11.9. The highest BCUT2D eigenvalue weighted by Crippen LogP contribution is 2.19. The lowest BCUT2D eigenvalue weighted by Gasteiger charge is -2.03. The van der Waals surface area contributed by atoms with E-state index in [1.54, 1.807) is 16.1 Å². The van der Waals surface area contributed by atoms with Crippen LogP contribution in [0.15, 0.2) is 27.9 Å². The van der Waals surface area contributed by atoms with Crippen molar-refractivity contribution in [3.05, 3.63) is 35.0 Å². The molecule has 0 atom stereocenters. The van der Waals surface area contributed by atoms with Gasteiger partial charge in [0, 0.05) is 32.8 Å². The van der Waals surface area contributed by atoms with Crippen LogP contribution in [0.4, 0.5) is 0 Å². The van der Waals surface area contributed by atoms with Crippen LogP contribution in [0.5, 0.6) is 0 Å². The maximum atomic E-state index is 12.0. The van der Waals surface area contributed by atoms with Crippen LogP contribution in [-0.2, 0) is 30.0 Å². The fourth-order valence-electron chi connectivity index (χ4n) is 1.58. The zero-order valence-electron chi connectivity index (χ0n) is 10.5. The van der Waals surface area contributed by atoms with Crippen LogP contribution in [0.3, 0.4) is 0 Å². The van der Waals surface area contributed by atoms with Crippen LogP contribution in [0.2, 0.25) is 0 Å². The summed E-state index contributed by atoms with van der Waals surface area (Å²) < 4.78 is 28.5. The zero-order chi connectivity index (χ0) is 13.9. The molecule has 2 aromatic heterocycles. The molecule has 0 saturated carbocycles. The summed E-state index contributed by atoms with van der Waals surface area (Å²) >= 11 is 1.18. The number of nitrogens with two attached hydrogens (primary N) is 1. The van der Waals surface area contributed by atoms with Crippen LogP contribution in [0.25, 0.3) is 0 Å². The van der Waals surface area contributed by atoms with Gasteiger partial charge in [0.05, 0.1) is 5.69 Å². The molecular weight excluding hydrogens is 284 g/mol. The second-order valence-corrected chi connectivity index (χ2v) is 7.01. The van der Waals surface area contributed by atoms with E-state index in [0.717, 1.165) is 11.3 Å². The fraction of sp³-hybridized carbons (Fsp3) is 0.364. The topological polar surface area (TPSA) is 90.0 Å². The van der Waals surface area contributed by atoms with Crippen molar-refractivity contribution in [1.29, 1.82) is 0 Å². The Balaban J connectivity index is 1.94. The third kappa shape index (κ3) is 3.63. The van der Waals surface area contributed by atoms with Gasteiger partial charge in [-0.1, -0.05) is 0 Å². The molecule has 3 N–H and O–H groups in total. The average Bonchev–Trinajstić information content (AvgIpc) is 2.98. The van der Waals surface area contributed by atoms with E-state index in [2.05, 4.69) is 9.82 Å². The van der Waals surface area contributed by atoms with E-state index in [0.29, 0.717) is 23.7 Å². The van der Waals surface area contributed by atoms with Crippen molar-refractivity contribution in [2.75, 3.05) is 6.54 Å². The van der Waals surface area contributed by atoms with Gasteiger partial charge in [-0.3, -0.25) is 4.68 Å². The molecule has 2 heterocycles. The van der Waals surface area contributed by atoms with Crippen molar-refractivity contribution >= 4 is 21.4 Å². The van der Waals surface area contributed by atoms with Crippen molar-refractivity contribution in [2.24, 2.45) is 12.8 Å². The molecule has 0 spiro atoms. The van der Waals surface area contributed by atoms with Gasteiger partial charge < -0.3 is 5.73 Å². The van der Waals surface area contributed by atoms with Gasteiger partial charge in [-0.25, -0.2) is 13.1 Å². The van der Waals surface area contributed by atoms with Gasteiger partial charge in [0.2, 0.25) is 10.0 Å². The number of aromatic nitrogens is 2. The minimum Gasteiger partial charge on any atom is -0.326 e. The van der Waals surface area contributed by atoms with E-state index >= 15 is 0 Å². The highest BCUT2D eigenvalue weighted by molar-refractivity contribution is 7.91. The second-order valence-electron chi connectivity index (χ2n) is 4.11. The summed E-state index contributed by atoms with van der Waals surface area (Å²) in [7, 11) is -1.61. The lowest BCUT2D eigenvalue weighted by atomic mass is 10.3. The third-order valence-electron chi connectivity index (χ3n) is 2.57. The summed E-state index contributed by atoms with van der Waals surface area (Å²) in [6.45, 7) is 0.676. The monoisotopic (exact) mass is 300 g/mol. The summed E-state index contributed by atoms with van der Waals surface area (Å²) in [5.74, 6) is 0. The minimum atomic E-state index is -3.43. The fourth-order valence-corrected chi connectivity index (χ4v) is 3.88. The molecule has 0 unspecified atom stereocenters. The Labute approximate surface area is 116 Å². The SMILES string of the molecule is Cn1ccc(CCNS(=O)(=O)c2cc(CN)cs2)n1. The molecule has 0 amide bonds. The average molecular weight is 300 g/mol. The summed E-state index contributed by atoms with van der Waals surface area (Å²) in [6.07, 6.45) is 2.39. The summed E-state index contributed by atoms with van der Waals surface area (Å²) in [4.78, 5) is 0. The van der Waals surface area contributed by atoms with E-state index in [4.69, 9.17) is 5.73 Å². The van der Waals surface area contributed by atoms with Crippen molar-refractivity contribution in [2.45, 2.75) is 17.2 Å². The first kappa shape index (κ1) is 14.2. The van der Waals surface area contributed by atoms with Crippen LogP contribution in [0, 0.1) is 0 Å². The molecule has 0 aliphatic carbocycles. The molecule has 0 aliphatic heterocycles. The first-order chi connectivity index (χ1) is 9.01. The van der Waals surface area contributed by atoms with E-state index in [1.165, 1.54) is 11.3 Å². The number of hydrogen-bond donors (Lipinski definition) is 2. The molecule has 6 nitrogen and oxygen atoms in total. The molecule has 19 heavy (non-hydrogen) atoms. The first-order valence-corrected chi connectivity index (χ1v) is 8.13. The Morgan fingerprint density at radius 3 is 2.89 bits per heavy atom. The van der Waals surface area contributed by atoms with Gasteiger partial charge in [-0.05, 0) is 23.1 Å².